The molecule has 0 saturated carbocycles. The van der Waals surface area contributed by atoms with E-state index in [1.165, 1.54) is 0 Å². The average molecular weight is 216 g/mol. The summed E-state index contributed by atoms with van der Waals surface area (Å²) in [5, 5.41) is 0. The molecule has 0 aromatic carbocycles. The van der Waals surface area contributed by atoms with Crippen molar-refractivity contribution in [3.8, 4) is 0 Å². The first-order valence-corrected chi connectivity index (χ1v) is 6.57. The van der Waals surface area contributed by atoms with Gasteiger partial charge in [-0.05, 0) is 26.0 Å². The van der Waals surface area contributed by atoms with Crippen LogP contribution < -0.4 is 0 Å². The van der Waals surface area contributed by atoms with Crippen LogP contribution in [0.15, 0.2) is 0 Å². The molecule has 1 aliphatic heterocycles. The minimum absolute atomic E-state index is 0.198. The predicted octanol–water partition coefficient (Wildman–Crippen LogP) is 1.89. The lowest BCUT2D eigenvalue weighted by Gasteiger charge is -2.29. The number of carbonyl (C=O) groups excluding carboxylic acids is 1. The SMILES string of the molecule is CSCC(C)N(C)C(=O)N1CCCC1. The zero-order valence-electron chi connectivity index (χ0n) is 9.32. The normalized spacial score (nSPS) is 18.4. The van der Waals surface area contributed by atoms with Crippen LogP contribution in [0.4, 0.5) is 4.79 Å². The summed E-state index contributed by atoms with van der Waals surface area (Å²) in [4.78, 5) is 15.7. The molecule has 4 heteroatoms. The lowest BCUT2D eigenvalue weighted by Crippen LogP contribution is -2.44. The molecule has 3 nitrogen and oxygen atoms in total. The van der Waals surface area contributed by atoms with Gasteiger partial charge in [-0.1, -0.05) is 0 Å². The van der Waals surface area contributed by atoms with Gasteiger partial charge in [0.2, 0.25) is 0 Å². The zero-order chi connectivity index (χ0) is 10.6. The second-order valence-electron chi connectivity index (χ2n) is 3.89. The van der Waals surface area contributed by atoms with E-state index in [1.807, 2.05) is 16.8 Å². The van der Waals surface area contributed by atoms with Crippen molar-refractivity contribution >= 4 is 17.8 Å². The molecule has 1 heterocycles. The number of rotatable bonds is 3. The minimum atomic E-state index is 0.198. The molecule has 1 saturated heterocycles. The lowest BCUT2D eigenvalue weighted by molar-refractivity contribution is 0.163. The summed E-state index contributed by atoms with van der Waals surface area (Å²) in [6.07, 6.45) is 4.40. The molecule has 0 radical (unpaired) electrons. The number of urea groups is 1. The van der Waals surface area contributed by atoms with E-state index < -0.39 is 0 Å². The molecule has 14 heavy (non-hydrogen) atoms. The molecule has 1 aliphatic rings. The number of hydrogen-bond donors (Lipinski definition) is 0. The van der Waals surface area contributed by atoms with Crippen molar-refractivity contribution in [2.75, 3.05) is 32.1 Å². The van der Waals surface area contributed by atoms with Gasteiger partial charge in [-0.2, -0.15) is 11.8 Å². The van der Waals surface area contributed by atoms with Crippen LogP contribution in [0, 0.1) is 0 Å². The molecular weight excluding hydrogens is 196 g/mol. The van der Waals surface area contributed by atoms with Gasteiger partial charge in [-0.3, -0.25) is 0 Å². The van der Waals surface area contributed by atoms with E-state index in [9.17, 15) is 4.79 Å². The predicted molar refractivity (Wildman–Crippen MR) is 61.8 cm³/mol. The Morgan fingerprint density at radius 2 is 2.07 bits per heavy atom. The fourth-order valence-corrected chi connectivity index (χ4v) is 2.38. The summed E-state index contributed by atoms with van der Waals surface area (Å²) in [6, 6.07) is 0.530. The van der Waals surface area contributed by atoms with E-state index in [2.05, 4.69) is 13.2 Å². The third-order valence-corrected chi connectivity index (χ3v) is 3.56. The monoisotopic (exact) mass is 216 g/mol. The standard InChI is InChI=1S/C10H20N2OS/c1-9(8-14-3)11(2)10(13)12-6-4-5-7-12/h9H,4-8H2,1-3H3. The van der Waals surface area contributed by atoms with Crippen molar-refractivity contribution in [3.63, 3.8) is 0 Å². The smallest absolute Gasteiger partial charge is 0.320 e. The number of carbonyl (C=O) groups is 1. The Morgan fingerprint density at radius 3 is 2.57 bits per heavy atom. The molecule has 0 N–H and O–H groups in total. The largest absolute Gasteiger partial charge is 0.325 e. The van der Waals surface area contributed by atoms with Crippen LogP contribution in [0.5, 0.6) is 0 Å². The lowest BCUT2D eigenvalue weighted by atomic mass is 10.3. The topological polar surface area (TPSA) is 23.6 Å². The molecule has 2 amide bonds. The molecule has 0 spiro atoms. The van der Waals surface area contributed by atoms with Crippen molar-refractivity contribution in [1.82, 2.24) is 9.80 Å². The fourth-order valence-electron chi connectivity index (χ4n) is 1.67. The van der Waals surface area contributed by atoms with Gasteiger partial charge in [0.1, 0.15) is 0 Å². The molecular formula is C10H20N2OS. The van der Waals surface area contributed by atoms with Gasteiger partial charge >= 0.3 is 6.03 Å². The second-order valence-corrected chi connectivity index (χ2v) is 4.80. The molecule has 0 bridgehead atoms. The summed E-state index contributed by atoms with van der Waals surface area (Å²) >= 11 is 1.79. The van der Waals surface area contributed by atoms with E-state index in [-0.39, 0.29) is 6.03 Å². The number of hydrogen-bond acceptors (Lipinski definition) is 2. The van der Waals surface area contributed by atoms with Crippen molar-refractivity contribution in [1.29, 1.82) is 0 Å². The van der Waals surface area contributed by atoms with Crippen LogP contribution in [0.1, 0.15) is 19.8 Å². The first-order chi connectivity index (χ1) is 6.66. The molecule has 1 unspecified atom stereocenters. The van der Waals surface area contributed by atoms with Crippen LogP contribution in [0.3, 0.4) is 0 Å². The van der Waals surface area contributed by atoms with Gasteiger partial charge in [0.15, 0.2) is 0 Å². The van der Waals surface area contributed by atoms with Crippen LogP contribution in [0.25, 0.3) is 0 Å². The molecule has 82 valence electrons. The highest BCUT2D eigenvalue weighted by atomic mass is 32.2. The summed E-state index contributed by atoms with van der Waals surface area (Å²) < 4.78 is 0. The number of amides is 2. The first kappa shape index (κ1) is 11.7. The maximum atomic E-state index is 11.9. The highest BCUT2D eigenvalue weighted by molar-refractivity contribution is 7.98. The highest BCUT2D eigenvalue weighted by Gasteiger charge is 2.23. The molecule has 1 rings (SSSR count). The zero-order valence-corrected chi connectivity index (χ0v) is 10.1. The summed E-state index contributed by atoms with van der Waals surface area (Å²) in [6.45, 7) is 3.98. The number of thioether (sulfide) groups is 1. The van der Waals surface area contributed by atoms with Crippen LogP contribution in [0.2, 0.25) is 0 Å². The van der Waals surface area contributed by atoms with Crippen molar-refractivity contribution < 1.29 is 4.79 Å². The first-order valence-electron chi connectivity index (χ1n) is 5.17. The van der Waals surface area contributed by atoms with E-state index in [1.54, 1.807) is 11.8 Å². The van der Waals surface area contributed by atoms with Crippen LogP contribution >= 0.6 is 11.8 Å². The van der Waals surface area contributed by atoms with Gasteiger partial charge in [0, 0.05) is 31.9 Å². The van der Waals surface area contributed by atoms with Gasteiger partial charge in [0.05, 0.1) is 0 Å². The van der Waals surface area contributed by atoms with Crippen molar-refractivity contribution in [3.05, 3.63) is 0 Å². The van der Waals surface area contributed by atoms with Crippen molar-refractivity contribution in [2.45, 2.75) is 25.8 Å². The van der Waals surface area contributed by atoms with Gasteiger partial charge in [0.25, 0.3) is 0 Å². The van der Waals surface area contributed by atoms with E-state index in [4.69, 9.17) is 0 Å². The molecule has 1 atom stereocenters. The Labute approximate surface area is 90.8 Å². The third kappa shape index (κ3) is 2.80. The highest BCUT2D eigenvalue weighted by Crippen LogP contribution is 2.12. The van der Waals surface area contributed by atoms with E-state index in [0.29, 0.717) is 6.04 Å². The summed E-state index contributed by atoms with van der Waals surface area (Å²) in [5.74, 6) is 1.01. The summed E-state index contributed by atoms with van der Waals surface area (Å²) in [5.41, 5.74) is 0. The van der Waals surface area contributed by atoms with E-state index in [0.717, 1.165) is 31.7 Å². The Hall–Kier alpha value is -0.380. The molecule has 0 aliphatic carbocycles. The van der Waals surface area contributed by atoms with Crippen molar-refractivity contribution in [2.24, 2.45) is 0 Å². The fraction of sp³-hybridized carbons (Fsp3) is 0.900. The summed E-state index contributed by atoms with van der Waals surface area (Å²) in [7, 11) is 1.90. The Morgan fingerprint density at radius 1 is 1.50 bits per heavy atom. The van der Waals surface area contributed by atoms with Gasteiger partial charge in [-0.25, -0.2) is 4.79 Å². The Balaban J connectivity index is 2.42. The average Bonchev–Trinajstić information content (AvgIpc) is 2.68. The quantitative estimate of drug-likeness (QED) is 0.719. The Kier molecular flexibility index (Phi) is 4.58. The maximum absolute atomic E-state index is 11.9. The molecule has 1 fully saturated rings. The maximum Gasteiger partial charge on any atom is 0.320 e. The molecule has 0 aromatic heterocycles. The third-order valence-electron chi connectivity index (χ3n) is 2.75. The van der Waals surface area contributed by atoms with Gasteiger partial charge in [-0.15, -0.1) is 0 Å². The second kappa shape index (κ2) is 5.49. The van der Waals surface area contributed by atoms with E-state index >= 15 is 0 Å². The minimum Gasteiger partial charge on any atom is -0.325 e. The Bertz CT molecular complexity index is 193. The van der Waals surface area contributed by atoms with Crippen LogP contribution in [-0.2, 0) is 0 Å². The molecule has 0 aromatic rings. The number of nitrogens with zero attached hydrogens (tertiary/aromatic N) is 2. The van der Waals surface area contributed by atoms with Crippen LogP contribution in [-0.4, -0.2) is 54.0 Å². The number of likely N-dealkylation sites (tertiary alicyclic amines) is 1. The van der Waals surface area contributed by atoms with Gasteiger partial charge < -0.3 is 9.80 Å².